The van der Waals surface area contributed by atoms with Crippen molar-refractivity contribution < 1.29 is 4.79 Å². The molecule has 1 amide bonds. The standard InChI is InChI=1S/C14H21N3O/c1-9-6-10(2)11(3)17(8-9)14(18)12-7-16-5-4-13(12)15/h4-5,7,9-11H,6,8H2,1-3H3,(H2,15,16). The minimum absolute atomic E-state index is 0.00602. The summed E-state index contributed by atoms with van der Waals surface area (Å²) in [7, 11) is 0. The molecule has 0 aliphatic carbocycles. The molecule has 4 nitrogen and oxygen atoms in total. The molecule has 3 atom stereocenters. The highest BCUT2D eigenvalue weighted by Crippen LogP contribution is 2.28. The number of hydrogen-bond acceptors (Lipinski definition) is 3. The average Bonchev–Trinajstić information content (AvgIpc) is 2.33. The van der Waals surface area contributed by atoms with Crippen LogP contribution in [0.2, 0.25) is 0 Å². The quantitative estimate of drug-likeness (QED) is 0.827. The molecule has 4 heteroatoms. The van der Waals surface area contributed by atoms with Crippen molar-refractivity contribution in [3.8, 4) is 0 Å². The molecule has 0 aromatic carbocycles. The number of carbonyl (C=O) groups excluding carboxylic acids is 1. The maximum absolute atomic E-state index is 12.5. The van der Waals surface area contributed by atoms with E-state index in [1.807, 2.05) is 4.90 Å². The molecule has 1 aliphatic rings. The molecule has 2 N–H and O–H groups in total. The largest absolute Gasteiger partial charge is 0.398 e. The second-order valence-electron chi connectivity index (χ2n) is 5.48. The number of anilines is 1. The van der Waals surface area contributed by atoms with E-state index in [1.54, 1.807) is 18.5 Å². The van der Waals surface area contributed by atoms with E-state index >= 15 is 0 Å². The van der Waals surface area contributed by atoms with E-state index in [-0.39, 0.29) is 11.9 Å². The zero-order valence-corrected chi connectivity index (χ0v) is 11.3. The van der Waals surface area contributed by atoms with Gasteiger partial charge in [-0.1, -0.05) is 13.8 Å². The lowest BCUT2D eigenvalue weighted by molar-refractivity contribution is 0.0456. The summed E-state index contributed by atoms with van der Waals surface area (Å²) in [5.41, 5.74) is 6.88. The number of likely N-dealkylation sites (tertiary alicyclic amines) is 1. The van der Waals surface area contributed by atoms with Crippen LogP contribution in [0, 0.1) is 11.8 Å². The molecule has 0 spiro atoms. The Morgan fingerprint density at radius 3 is 2.83 bits per heavy atom. The first-order valence-electron chi connectivity index (χ1n) is 6.51. The lowest BCUT2D eigenvalue weighted by Gasteiger charge is -2.41. The van der Waals surface area contributed by atoms with Crippen LogP contribution in [-0.2, 0) is 0 Å². The van der Waals surface area contributed by atoms with Crippen LogP contribution in [0.5, 0.6) is 0 Å². The second kappa shape index (κ2) is 4.96. The summed E-state index contributed by atoms with van der Waals surface area (Å²) in [6, 6.07) is 1.93. The van der Waals surface area contributed by atoms with Gasteiger partial charge in [-0.3, -0.25) is 9.78 Å². The van der Waals surface area contributed by atoms with Gasteiger partial charge >= 0.3 is 0 Å². The molecule has 0 saturated carbocycles. The van der Waals surface area contributed by atoms with Gasteiger partial charge in [0.2, 0.25) is 0 Å². The predicted octanol–water partition coefficient (Wildman–Crippen LogP) is 2.17. The zero-order chi connectivity index (χ0) is 13.3. The first-order valence-corrected chi connectivity index (χ1v) is 6.51. The van der Waals surface area contributed by atoms with Gasteiger partial charge in [0.15, 0.2) is 0 Å². The number of piperidine rings is 1. The van der Waals surface area contributed by atoms with Gasteiger partial charge in [0.05, 0.1) is 5.56 Å². The number of aromatic nitrogens is 1. The Labute approximate surface area is 108 Å². The van der Waals surface area contributed by atoms with Crippen LogP contribution in [-0.4, -0.2) is 28.4 Å². The summed E-state index contributed by atoms with van der Waals surface area (Å²) in [6.45, 7) is 7.31. The molecule has 0 radical (unpaired) electrons. The molecule has 1 aromatic heterocycles. The van der Waals surface area contributed by atoms with Crippen LogP contribution in [0.4, 0.5) is 5.69 Å². The molecule has 0 bridgehead atoms. The smallest absolute Gasteiger partial charge is 0.257 e. The lowest BCUT2D eigenvalue weighted by atomic mass is 9.85. The fraction of sp³-hybridized carbons (Fsp3) is 0.571. The van der Waals surface area contributed by atoms with Crippen molar-refractivity contribution in [1.82, 2.24) is 9.88 Å². The number of nitrogen functional groups attached to an aromatic ring is 1. The SMILES string of the molecule is CC1CC(C)C(C)N(C(=O)c2cnccc2N)C1. The van der Waals surface area contributed by atoms with Gasteiger partial charge in [0.25, 0.3) is 5.91 Å². The number of nitrogens with two attached hydrogens (primary N) is 1. The van der Waals surface area contributed by atoms with Crippen LogP contribution in [0.1, 0.15) is 37.6 Å². The Bertz CT molecular complexity index is 446. The summed E-state index contributed by atoms with van der Waals surface area (Å²) in [5.74, 6) is 1.07. The third-order valence-electron chi connectivity index (χ3n) is 3.94. The molecular formula is C14H21N3O. The monoisotopic (exact) mass is 247 g/mol. The van der Waals surface area contributed by atoms with Crippen molar-refractivity contribution in [3.05, 3.63) is 24.0 Å². The summed E-state index contributed by atoms with van der Waals surface area (Å²) < 4.78 is 0. The third kappa shape index (κ3) is 2.33. The number of pyridine rings is 1. The van der Waals surface area contributed by atoms with E-state index < -0.39 is 0 Å². The Balaban J connectivity index is 2.25. The van der Waals surface area contributed by atoms with E-state index in [0.717, 1.165) is 6.54 Å². The van der Waals surface area contributed by atoms with E-state index in [2.05, 4.69) is 25.8 Å². The highest BCUT2D eigenvalue weighted by atomic mass is 16.2. The molecule has 1 fully saturated rings. The third-order valence-corrected chi connectivity index (χ3v) is 3.94. The van der Waals surface area contributed by atoms with Gasteiger partial charge in [0, 0.05) is 30.7 Å². The fourth-order valence-corrected chi connectivity index (χ4v) is 2.72. The zero-order valence-electron chi connectivity index (χ0n) is 11.3. The lowest BCUT2D eigenvalue weighted by Crippen LogP contribution is -2.49. The summed E-state index contributed by atoms with van der Waals surface area (Å²) >= 11 is 0. The molecular weight excluding hydrogens is 226 g/mol. The minimum Gasteiger partial charge on any atom is -0.398 e. The Kier molecular flexibility index (Phi) is 3.55. The number of carbonyl (C=O) groups is 1. The van der Waals surface area contributed by atoms with Gasteiger partial charge in [-0.05, 0) is 31.2 Å². The number of nitrogens with zero attached hydrogens (tertiary/aromatic N) is 2. The van der Waals surface area contributed by atoms with E-state index in [0.29, 0.717) is 23.1 Å². The normalized spacial score (nSPS) is 28.2. The fourth-order valence-electron chi connectivity index (χ4n) is 2.72. The van der Waals surface area contributed by atoms with E-state index in [4.69, 9.17) is 5.73 Å². The van der Waals surface area contributed by atoms with Crippen LogP contribution in [0.25, 0.3) is 0 Å². The van der Waals surface area contributed by atoms with Gasteiger partial charge < -0.3 is 10.6 Å². The molecule has 2 heterocycles. The number of amides is 1. The summed E-state index contributed by atoms with van der Waals surface area (Å²) in [5, 5.41) is 0. The summed E-state index contributed by atoms with van der Waals surface area (Å²) in [4.78, 5) is 18.5. The van der Waals surface area contributed by atoms with Gasteiger partial charge in [-0.15, -0.1) is 0 Å². The van der Waals surface area contributed by atoms with Crippen LogP contribution in [0.3, 0.4) is 0 Å². The highest BCUT2D eigenvalue weighted by Gasteiger charge is 2.32. The number of hydrogen-bond donors (Lipinski definition) is 1. The Morgan fingerprint density at radius 1 is 1.44 bits per heavy atom. The van der Waals surface area contributed by atoms with Crippen LogP contribution < -0.4 is 5.73 Å². The maximum Gasteiger partial charge on any atom is 0.257 e. The Hall–Kier alpha value is -1.58. The first kappa shape index (κ1) is 12.9. The van der Waals surface area contributed by atoms with Gasteiger partial charge in [-0.2, -0.15) is 0 Å². The van der Waals surface area contributed by atoms with E-state index in [9.17, 15) is 4.79 Å². The van der Waals surface area contributed by atoms with Crippen LogP contribution in [0.15, 0.2) is 18.5 Å². The highest BCUT2D eigenvalue weighted by molar-refractivity contribution is 5.99. The topological polar surface area (TPSA) is 59.2 Å². The van der Waals surface area contributed by atoms with Crippen LogP contribution >= 0.6 is 0 Å². The predicted molar refractivity (Wildman–Crippen MR) is 72.1 cm³/mol. The molecule has 98 valence electrons. The van der Waals surface area contributed by atoms with Crippen molar-refractivity contribution in [3.63, 3.8) is 0 Å². The Morgan fingerprint density at radius 2 is 2.17 bits per heavy atom. The van der Waals surface area contributed by atoms with E-state index in [1.165, 1.54) is 6.42 Å². The maximum atomic E-state index is 12.5. The molecule has 18 heavy (non-hydrogen) atoms. The van der Waals surface area contributed by atoms with Crippen molar-refractivity contribution in [2.75, 3.05) is 12.3 Å². The molecule has 3 unspecified atom stereocenters. The molecule has 1 aliphatic heterocycles. The summed E-state index contributed by atoms with van der Waals surface area (Å²) in [6.07, 6.45) is 4.35. The number of rotatable bonds is 1. The molecule has 1 saturated heterocycles. The second-order valence-corrected chi connectivity index (χ2v) is 5.48. The average molecular weight is 247 g/mol. The van der Waals surface area contributed by atoms with Gasteiger partial charge in [-0.25, -0.2) is 0 Å². The van der Waals surface area contributed by atoms with Crippen molar-refractivity contribution in [2.45, 2.75) is 33.2 Å². The van der Waals surface area contributed by atoms with Crippen molar-refractivity contribution >= 4 is 11.6 Å². The minimum atomic E-state index is 0.00602. The van der Waals surface area contributed by atoms with Crippen molar-refractivity contribution in [1.29, 1.82) is 0 Å². The van der Waals surface area contributed by atoms with Gasteiger partial charge in [0.1, 0.15) is 0 Å². The van der Waals surface area contributed by atoms with Crippen molar-refractivity contribution in [2.24, 2.45) is 11.8 Å². The first-order chi connectivity index (χ1) is 8.50. The molecule has 2 rings (SSSR count). The molecule has 1 aromatic rings.